The van der Waals surface area contributed by atoms with E-state index in [1.54, 1.807) is 7.11 Å². The SMILES string of the molecule is COCC(CN)(C(C)C)N1CCC(N(C)C)CC1. The van der Waals surface area contributed by atoms with E-state index in [9.17, 15) is 0 Å². The molecular formula is C14H31N3O. The van der Waals surface area contributed by atoms with Crippen molar-refractivity contribution in [3.8, 4) is 0 Å². The molecule has 1 heterocycles. The van der Waals surface area contributed by atoms with Crippen molar-refractivity contribution in [1.82, 2.24) is 9.80 Å². The fraction of sp³-hybridized carbons (Fsp3) is 1.00. The summed E-state index contributed by atoms with van der Waals surface area (Å²) in [4.78, 5) is 4.90. The first-order valence-electron chi connectivity index (χ1n) is 7.08. The Morgan fingerprint density at radius 1 is 1.33 bits per heavy atom. The molecule has 2 N–H and O–H groups in total. The molecule has 4 nitrogen and oxygen atoms in total. The van der Waals surface area contributed by atoms with Crippen LogP contribution in [0.4, 0.5) is 0 Å². The number of methoxy groups -OCH3 is 1. The first-order chi connectivity index (χ1) is 8.47. The van der Waals surface area contributed by atoms with Gasteiger partial charge in [0.15, 0.2) is 0 Å². The third kappa shape index (κ3) is 3.23. The number of hydrogen-bond acceptors (Lipinski definition) is 4. The molecule has 0 bridgehead atoms. The van der Waals surface area contributed by atoms with E-state index in [1.807, 2.05) is 0 Å². The number of ether oxygens (including phenoxy) is 1. The minimum Gasteiger partial charge on any atom is -0.383 e. The van der Waals surface area contributed by atoms with Gasteiger partial charge in [0.25, 0.3) is 0 Å². The summed E-state index contributed by atoms with van der Waals surface area (Å²) >= 11 is 0. The number of likely N-dealkylation sites (tertiary alicyclic amines) is 1. The van der Waals surface area contributed by atoms with Gasteiger partial charge in [-0.2, -0.15) is 0 Å². The summed E-state index contributed by atoms with van der Waals surface area (Å²) in [6.07, 6.45) is 2.45. The Morgan fingerprint density at radius 3 is 2.22 bits per heavy atom. The summed E-state index contributed by atoms with van der Waals surface area (Å²) in [5.74, 6) is 0.512. The maximum atomic E-state index is 6.09. The van der Waals surface area contributed by atoms with Gasteiger partial charge in [0.2, 0.25) is 0 Å². The second-order valence-electron chi connectivity index (χ2n) is 6.08. The molecule has 0 spiro atoms. The summed E-state index contributed by atoms with van der Waals surface area (Å²) in [5.41, 5.74) is 6.09. The standard InChI is InChI=1S/C14H31N3O/c1-12(2)14(10-15,11-18-5)17-8-6-13(7-9-17)16(3)4/h12-13H,6-11,15H2,1-5H3. The van der Waals surface area contributed by atoms with E-state index in [2.05, 4.69) is 37.7 Å². The molecule has 0 aromatic heterocycles. The predicted molar refractivity (Wildman–Crippen MR) is 76.8 cm³/mol. The molecule has 4 heteroatoms. The average Bonchev–Trinajstić information content (AvgIpc) is 2.35. The first kappa shape index (κ1) is 15.9. The normalized spacial score (nSPS) is 22.7. The topological polar surface area (TPSA) is 41.7 Å². The quantitative estimate of drug-likeness (QED) is 0.771. The molecular weight excluding hydrogens is 226 g/mol. The fourth-order valence-electron chi connectivity index (χ4n) is 3.12. The smallest absolute Gasteiger partial charge is 0.0661 e. The van der Waals surface area contributed by atoms with Gasteiger partial charge in [0.1, 0.15) is 0 Å². The highest BCUT2D eigenvalue weighted by molar-refractivity contribution is 4.97. The van der Waals surface area contributed by atoms with Crippen molar-refractivity contribution in [2.24, 2.45) is 11.7 Å². The summed E-state index contributed by atoms with van der Waals surface area (Å²) in [6, 6.07) is 0.714. The lowest BCUT2D eigenvalue weighted by Gasteiger charge is -2.49. The lowest BCUT2D eigenvalue weighted by molar-refractivity contribution is -0.0356. The van der Waals surface area contributed by atoms with Crippen molar-refractivity contribution in [3.63, 3.8) is 0 Å². The molecule has 0 aromatic rings. The zero-order valence-electron chi connectivity index (χ0n) is 12.8. The largest absolute Gasteiger partial charge is 0.383 e. The Labute approximate surface area is 112 Å². The summed E-state index contributed by atoms with van der Waals surface area (Å²) < 4.78 is 5.45. The van der Waals surface area contributed by atoms with Gasteiger partial charge in [-0.25, -0.2) is 0 Å². The van der Waals surface area contributed by atoms with Crippen LogP contribution in [0.2, 0.25) is 0 Å². The van der Waals surface area contributed by atoms with Crippen LogP contribution >= 0.6 is 0 Å². The van der Waals surface area contributed by atoms with Gasteiger partial charge >= 0.3 is 0 Å². The van der Waals surface area contributed by atoms with Gasteiger partial charge in [-0.1, -0.05) is 13.8 Å². The maximum absolute atomic E-state index is 6.09. The Hall–Kier alpha value is -0.160. The van der Waals surface area contributed by atoms with E-state index in [0.717, 1.165) is 19.7 Å². The van der Waals surface area contributed by atoms with Crippen LogP contribution in [0, 0.1) is 5.92 Å². The Bertz CT molecular complexity index is 237. The second-order valence-corrected chi connectivity index (χ2v) is 6.08. The van der Waals surface area contributed by atoms with Gasteiger partial charge in [-0.3, -0.25) is 4.90 Å². The van der Waals surface area contributed by atoms with Crippen molar-refractivity contribution in [2.75, 3.05) is 47.4 Å². The molecule has 18 heavy (non-hydrogen) atoms. The van der Waals surface area contributed by atoms with Crippen molar-refractivity contribution in [2.45, 2.75) is 38.3 Å². The van der Waals surface area contributed by atoms with Crippen molar-refractivity contribution < 1.29 is 4.74 Å². The molecule has 1 atom stereocenters. The van der Waals surface area contributed by atoms with Crippen LogP contribution in [0.15, 0.2) is 0 Å². The lowest BCUT2D eigenvalue weighted by Crippen LogP contribution is -2.63. The van der Waals surface area contributed by atoms with E-state index < -0.39 is 0 Å². The maximum Gasteiger partial charge on any atom is 0.0661 e. The molecule has 1 aliphatic heterocycles. The number of piperidine rings is 1. The number of nitrogens with zero attached hydrogens (tertiary/aromatic N) is 2. The van der Waals surface area contributed by atoms with E-state index >= 15 is 0 Å². The van der Waals surface area contributed by atoms with Crippen molar-refractivity contribution >= 4 is 0 Å². The molecule has 1 aliphatic rings. The summed E-state index contributed by atoms with van der Waals surface area (Å²) in [6.45, 7) is 8.16. The molecule has 1 rings (SSSR count). The van der Waals surface area contributed by atoms with Crippen LogP contribution < -0.4 is 5.73 Å². The zero-order valence-corrected chi connectivity index (χ0v) is 12.8. The van der Waals surface area contributed by atoms with Crippen LogP contribution in [0.25, 0.3) is 0 Å². The highest BCUT2D eigenvalue weighted by Gasteiger charge is 2.40. The fourth-order valence-corrected chi connectivity index (χ4v) is 3.12. The summed E-state index contributed by atoms with van der Waals surface area (Å²) in [5, 5.41) is 0. The Kier molecular flexibility index (Phi) is 6.05. The second kappa shape index (κ2) is 6.85. The molecule has 0 amide bonds. The Morgan fingerprint density at radius 2 is 1.89 bits per heavy atom. The van der Waals surface area contributed by atoms with Gasteiger partial charge in [-0.05, 0) is 32.9 Å². The molecule has 0 radical (unpaired) electrons. The van der Waals surface area contributed by atoms with Crippen molar-refractivity contribution in [3.05, 3.63) is 0 Å². The van der Waals surface area contributed by atoms with Crippen LogP contribution in [0.3, 0.4) is 0 Å². The first-order valence-corrected chi connectivity index (χ1v) is 7.08. The number of nitrogens with two attached hydrogens (primary N) is 1. The Balaban J connectivity index is 2.71. The minimum absolute atomic E-state index is 0.00598. The molecule has 1 unspecified atom stereocenters. The highest BCUT2D eigenvalue weighted by atomic mass is 16.5. The minimum atomic E-state index is 0.00598. The van der Waals surface area contributed by atoms with Crippen LogP contribution in [-0.2, 0) is 4.74 Å². The molecule has 0 aromatic carbocycles. The van der Waals surface area contributed by atoms with Gasteiger partial charge in [0.05, 0.1) is 12.1 Å². The van der Waals surface area contributed by atoms with Crippen LogP contribution in [0.1, 0.15) is 26.7 Å². The molecule has 108 valence electrons. The third-order valence-corrected chi connectivity index (χ3v) is 4.65. The number of rotatable bonds is 6. The molecule has 0 aliphatic carbocycles. The monoisotopic (exact) mass is 257 g/mol. The number of hydrogen-bond donors (Lipinski definition) is 1. The van der Waals surface area contributed by atoms with Crippen LogP contribution in [-0.4, -0.2) is 68.8 Å². The lowest BCUT2D eigenvalue weighted by atomic mass is 9.83. The molecule has 0 saturated carbocycles. The van der Waals surface area contributed by atoms with Gasteiger partial charge < -0.3 is 15.4 Å². The summed E-state index contributed by atoms with van der Waals surface area (Å²) in [7, 11) is 6.13. The van der Waals surface area contributed by atoms with E-state index in [1.165, 1.54) is 12.8 Å². The van der Waals surface area contributed by atoms with E-state index in [0.29, 0.717) is 18.5 Å². The molecule has 1 saturated heterocycles. The average molecular weight is 257 g/mol. The van der Waals surface area contributed by atoms with Crippen molar-refractivity contribution in [1.29, 1.82) is 0 Å². The van der Waals surface area contributed by atoms with E-state index in [4.69, 9.17) is 10.5 Å². The predicted octanol–water partition coefficient (Wildman–Crippen LogP) is 1.01. The van der Waals surface area contributed by atoms with Crippen LogP contribution in [0.5, 0.6) is 0 Å². The van der Waals surface area contributed by atoms with Gasteiger partial charge in [-0.15, -0.1) is 0 Å². The zero-order chi connectivity index (χ0) is 13.8. The van der Waals surface area contributed by atoms with E-state index in [-0.39, 0.29) is 5.54 Å². The highest BCUT2D eigenvalue weighted by Crippen LogP contribution is 2.29. The third-order valence-electron chi connectivity index (χ3n) is 4.65. The van der Waals surface area contributed by atoms with Gasteiger partial charge in [0, 0.05) is 32.8 Å². The molecule has 1 fully saturated rings.